The molecular weight excluding hydrogens is 382 g/mol. The molecule has 2 aromatic rings. The third-order valence-electron chi connectivity index (χ3n) is 5.14. The van der Waals surface area contributed by atoms with Crippen LogP contribution in [0.3, 0.4) is 0 Å². The van der Waals surface area contributed by atoms with E-state index in [1.807, 2.05) is 28.6 Å². The Balaban J connectivity index is 0.00000210. The molecule has 6 nitrogen and oxygen atoms in total. The Morgan fingerprint density at radius 1 is 1.11 bits per heavy atom. The second-order valence-electron chi connectivity index (χ2n) is 7.07. The number of carbonyl (C=O) groups is 1. The smallest absolute Gasteiger partial charge is 0.277 e. The number of carbonyl (C=O) groups excluding carboxylic acids is 1. The third-order valence-corrected chi connectivity index (χ3v) is 6.49. The molecule has 0 unspecified atom stereocenters. The zero-order chi connectivity index (χ0) is 17.8. The molecule has 1 saturated carbocycles. The van der Waals surface area contributed by atoms with E-state index in [1.54, 1.807) is 6.20 Å². The van der Waals surface area contributed by atoms with Gasteiger partial charge in [-0.15, -0.1) is 29.3 Å². The summed E-state index contributed by atoms with van der Waals surface area (Å²) in [5, 5.41) is 15.2. The van der Waals surface area contributed by atoms with Crippen LogP contribution in [0.25, 0.3) is 0 Å². The minimum atomic E-state index is -0.207. The van der Waals surface area contributed by atoms with Crippen molar-refractivity contribution in [1.29, 1.82) is 0 Å². The molecular formula is C19H26ClN5OS. The van der Waals surface area contributed by atoms with Crippen LogP contribution in [-0.2, 0) is 0 Å². The molecule has 4 rings (SSSR count). The van der Waals surface area contributed by atoms with Crippen molar-refractivity contribution in [2.24, 2.45) is 0 Å². The molecule has 1 aromatic carbocycles. The minimum Gasteiger partial charge on any atom is -0.321 e. The molecule has 2 N–H and O–H groups in total. The number of anilines is 1. The highest BCUT2D eigenvalue weighted by molar-refractivity contribution is 8.00. The average molecular weight is 408 g/mol. The second kappa shape index (κ2) is 9.57. The Morgan fingerprint density at radius 2 is 1.81 bits per heavy atom. The Kier molecular flexibility index (Phi) is 7.15. The van der Waals surface area contributed by atoms with Gasteiger partial charge in [-0.3, -0.25) is 4.79 Å². The summed E-state index contributed by atoms with van der Waals surface area (Å²) in [5.41, 5.74) is 1.16. The van der Waals surface area contributed by atoms with Gasteiger partial charge in [0.2, 0.25) is 0 Å². The standard InChI is InChI=1S/C19H25N5OS.ClH/c25-19(18-13-24(23-22-18)15-9-11-20-12-10-15)21-14-5-7-17(8-6-14)26-16-3-1-2-4-16;/h5-8,13,15-16,20H,1-4,9-12H2,(H,21,25);1H. The van der Waals surface area contributed by atoms with Gasteiger partial charge in [-0.05, 0) is 63.0 Å². The second-order valence-corrected chi connectivity index (χ2v) is 8.44. The maximum absolute atomic E-state index is 12.4. The van der Waals surface area contributed by atoms with Crippen molar-refractivity contribution in [3.8, 4) is 0 Å². The van der Waals surface area contributed by atoms with E-state index >= 15 is 0 Å². The van der Waals surface area contributed by atoms with Crippen molar-refractivity contribution in [2.45, 2.75) is 54.7 Å². The first-order chi connectivity index (χ1) is 12.8. The number of amides is 1. The van der Waals surface area contributed by atoms with E-state index in [2.05, 4.69) is 33.1 Å². The Hall–Kier alpha value is -1.57. The number of halogens is 1. The summed E-state index contributed by atoms with van der Waals surface area (Å²) in [7, 11) is 0. The first kappa shape index (κ1) is 20.2. The Morgan fingerprint density at radius 3 is 2.52 bits per heavy atom. The van der Waals surface area contributed by atoms with Gasteiger partial charge >= 0.3 is 0 Å². The highest BCUT2D eigenvalue weighted by atomic mass is 35.5. The van der Waals surface area contributed by atoms with Crippen LogP contribution in [-0.4, -0.2) is 39.2 Å². The van der Waals surface area contributed by atoms with Gasteiger partial charge in [-0.2, -0.15) is 0 Å². The molecule has 0 atom stereocenters. The first-order valence-electron chi connectivity index (χ1n) is 9.48. The van der Waals surface area contributed by atoms with E-state index in [4.69, 9.17) is 0 Å². The Bertz CT molecular complexity index is 739. The number of thioether (sulfide) groups is 1. The lowest BCUT2D eigenvalue weighted by Crippen LogP contribution is -2.29. The number of rotatable bonds is 5. The lowest BCUT2D eigenvalue weighted by Gasteiger charge is -2.22. The molecule has 1 amide bonds. The summed E-state index contributed by atoms with van der Waals surface area (Å²) >= 11 is 1.95. The third kappa shape index (κ3) is 5.24. The monoisotopic (exact) mass is 407 g/mol. The van der Waals surface area contributed by atoms with Crippen LogP contribution in [0.4, 0.5) is 5.69 Å². The van der Waals surface area contributed by atoms with Crippen molar-refractivity contribution in [3.63, 3.8) is 0 Å². The van der Waals surface area contributed by atoms with Crippen LogP contribution >= 0.6 is 24.2 Å². The number of nitrogens with zero attached hydrogens (tertiary/aromatic N) is 3. The average Bonchev–Trinajstić information content (AvgIpc) is 3.36. The molecule has 27 heavy (non-hydrogen) atoms. The van der Waals surface area contributed by atoms with Gasteiger partial charge in [-0.25, -0.2) is 4.68 Å². The van der Waals surface area contributed by atoms with Crippen molar-refractivity contribution >= 4 is 35.8 Å². The number of aromatic nitrogens is 3. The first-order valence-corrected chi connectivity index (χ1v) is 10.4. The van der Waals surface area contributed by atoms with E-state index in [0.717, 1.165) is 36.9 Å². The fourth-order valence-corrected chi connectivity index (χ4v) is 4.89. The predicted molar refractivity (Wildman–Crippen MR) is 111 cm³/mol. The normalized spacial score (nSPS) is 18.2. The zero-order valence-electron chi connectivity index (χ0n) is 15.3. The van der Waals surface area contributed by atoms with Gasteiger partial charge in [0, 0.05) is 15.8 Å². The highest BCUT2D eigenvalue weighted by Crippen LogP contribution is 2.35. The predicted octanol–water partition coefficient (Wildman–Crippen LogP) is 3.91. The highest BCUT2D eigenvalue weighted by Gasteiger charge is 2.19. The summed E-state index contributed by atoms with van der Waals surface area (Å²) in [4.78, 5) is 13.7. The summed E-state index contributed by atoms with van der Waals surface area (Å²) in [6, 6.07) is 8.44. The molecule has 8 heteroatoms. The topological polar surface area (TPSA) is 71.8 Å². The molecule has 1 saturated heterocycles. The SMILES string of the molecule is Cl.O=C(Nc1ccc(SC2CCCC2)cc1)c1cn(C2CCNCC2)nn1. The largest absolute Gasteiger partial charge is 0.321 e. The Labute approximate surface area is 170 Å². The van der Waals surface area contributed by atoms with Crippen LogP contribution in [0, 0.1) is 0 Å². The number of piperidine rings is 1. The summed E-state index contributed by atoms with van der Waals surface area (Å²) in [6.07, 6.45) is 9.13. The quantitative estimate of drug-likeness (QED) is 0.786. The van der Waals surface area contributed by atoms with Crippen LogP contribution in [0.2, 0.25) is 0 Å². The fourth-order valence-electron chi connectivity index (χ4n) is 3.64. The molecule has 2 heterocycles. The van der Waals surface area contributed by atoms with Gasteiger partial charge in [0.05, 0.1) is 12.2 Å². The van der Waals surface area contributed by atoms with E-state index in [0.29, 0.717) is 11.7 Å². The molecule has 2 fully saturated rings. The summed E-state index contributed by atoms with van der Waals surface area (Å²) in [5.74, 6) is -0.207. The minimum absolute atomic E-state index is 0. The van der Waals surface area contributed by atoms with Crippen molar-refractivity contribution < 1.29 is 4.79 Å². The molecule has 2 aliphatic rings. The van der Waals surface area contributed by atoms with E-state index in [-0.39, 0.29) is 18.3 Å². The van der Waals surface area contributed by atoms with Crippen molar-refractivity contribution in [2.75, 3.05) is 18.4 Å². The van der Waals surface area contributed by atoms with Crippen LogP contribution < -0.4 is 10.6 Å². The van der Waals surface area contributed by atoms with Crippen molar-refractivity contribution in [1.82, 2.24) is 20.3 Å². The van der Waals surface area contributed by atoms with Crippen LogP contribution in [0.15, 0.2) is 35.4 Å². The van der Waals surface area contributed by atoms with Crippen LogP contribution in [0.1, 0.15) is 55.1 Å². The molecule has 146 valence electrons. The molecule has 1 aliphatic carbocycles. The van der Waals surface area contributed by atoms with Crippen LogP contribution in [0.5, 0.6) is 0 Å². The fraction of sp³-hybridized carbons (Fsp3) is 0.526. The molecule has 0 bridgehead atoms. The van der Waals surface area contributed by atoms with Gasteiger partial charge in [0.15, 0.2) is 5.69 Å². The lowest BCUT2D eigenvalue weighted by atomic mass is 10.1. The number of nitrogens with one attached hydrogen (secondary N) is 2. The summed E-state index contributed by atoms with van der Waals surface area (Å²) in [6.45, 7) is 1.97. The van der Waals surface area contributed by atoms with E-state index in [1.165, 1.54) is 30.6 Å². The van der Waals surface area contributed by atoms with Gasteiger partial charge in [0.1, 0.15) is 0 Å². The zero-order valence-corrected chi connectivity index (χ0v) is 16.9. The maximum atomic E-state index is 12.4. The maximum Gasteiger partial charge on any atom is 0.277 e. The molecule has 0 spiro atoms. The molecule has 1 aliphatic heterocycles. The molecule has 0 radical (unpaired) electrons. The van der Waals surface area contributed by atoms with E-state index in [9.17, 15) is 4.79 Å². The summed E-state index contributed by atoms with van der Waals surface area (Å²) < 4.78 is 1.83. The number of hydrogen-bond donors (Lipinski definition) is 2. The van der Waals surface area contributed by atoms with Crippen molar-refractivity contribution in [3.05, 3.63) is 36.2 Å². The van der Waals surface area contributed by atoms with E-state index < -0.39 is 0 Å². The number of benzene rings is 1. The van der Waals surface area contributed by atoms with Gasteiger partial charge in [0.25, 0.3) is 5.91 Å². The number of hydrogen-bond acceptors (Lipinski definition) is 5. The van der Waals surface area contributed by atoms with Gasteiger partial charge < -0.3 is 10.6 Å². The molecule has 1 aromatic heterocycles. The van der Waals surface area contributed by atoms with Gasteiger partial charge in [-0.1, -0.05) is 18.1 Å². The lowest BCUT2D eigenvalue weighted by molar-refractivity contribution is 0.102.